The predicted octanol–water partition coefficient (Wildman–Crippen LogP) is 4.94. The summed E-state index contributed by atoms with van der Waals surface area (Å²) in [5.74, 6) is 1.74. The molecule has 130 valence electrons. The highest BCUT2D eigenvalue weighted by molar-refractivity contribution is 5.72. The van der Waals surface area contributed by atoms with Gasteiger partial charge in [0.25, 0.3) is 0 Å². The Morgan fingerprint density at radius 3 is 2.28 bits per heavy atom. The third-order valence-electron chi connectivity index (χ3n) is 5.33. The van der Waals surface area contributed by atoms with Crippen molar-refractivity contribution in [3.63, 3.8) is 0 Å². The van der Waals surface area contributed by atoms with Crippen LogP contribution in [0.1, 0.15) is 41.1 Å². The molecule has 4 heteroatoms. The van der Waals surface area contributed by atoms with Crippen molar-refractivity contribution >= 4 is 0 Å². The number of nitrogens with zero attached hydrogens (tertiary/aromatic N) is 2. The summed E-state index contributed by atoms with van der Waals surface area (Å²) in [6, 6.07) is 8.36. The van der Waals surface area contributed by atoms with Crippen LogP contribution in [0.2, 0.25) is 0 Å². The maximum Gasteiger partial charge on any atom is 0.157 e. The van der Waals surface area contributed by atoms with Crippen LogP contribution in [0.5, 0.6) is 5.75 Å². The van der Waals surface area contributed by atoms with E-state index >= 15 is 0 Å². The highest BCUT2D eigenvalue weighted by atomic mass is 16.5. The molecule has 0 fully saturated rings. The molecule has 1 aliphatic rings. The second-order valence-electron chi connectivity index (χ2n) is 6.83. The average molecular weight is 336 g/mol. The first-order valence-electron chi connectivity index (χ1n) is 8.92. The molecule has 0 aliphatic heterocycles. The first-order valence-corrected chi connectivity index (χ1v) is 8.92. The number of fused-ring (bicyclic) bond motifs is 1. The van der Waals surface area contributed by atoms with Gasteiger partial charge < -0.3 is 13.8 Å². The largest absolute Gasteiger partial charge is 0.497 e. The molecular weight excluding hydrogens is 312 g/mol. The summed E-state index contributed by atoms with van der Waals surface area (Å²) in [4.78, 5) is 0. The number of aromatic nitrogens is 2. The van der Waals surface area contributed by atoms with Crippen LogP contribution >= 0.6 is 0 Å². The zero-order valence-corrected chi connectivity index (χ0v) is 15.3. The van der Waals surface area contributed by atoms with E-state index in [9.17, 15) is 0 Å². The number of aryl methyl sites for hydroxylation is 2. The fourth-order valence-electron chi connectivity index (χ4n) is 4.13. The normalized spacial score (nSPS) is 13.8. The van der Waals surface area contributed by atoms with Crippen molar-refractivity contribution in [2.75, 3.05) is 7.11 Å². The van der Waals surface area contributed by atoms with E-state index in [2.05, 4.69) is 28.8 Å². The van der Waals surface area contributed by atoms with E-state index in [0.717, 1.165) is 35.7 Å². The molecule has 0 saturated carbocycles. The van der Waals surface area contributed by atoms with Crippen molar-refractivity contribution in [1.29, 1.82) is 0 Å². The molecule has 2 aromatic heterocycles. The van der Waals surface area contributed by atoms with E-state index in [1.54, 1.807) is 7.11 Å². The smallest absolute Gasteiger partial charge is 0.157 e. The molecule has 1 aromatic carbocycles. The van der Waals surface area contributed by atoms with Gasteiger partial charge in [-0.3, -0.25) is 0 Å². The van der Waals surface area contributed by atoms with Crippen LogP contribution in [0.3, 0.4) is 0 Å². The van der Waals surface area contributed by atoms with Crippen LogP contribution in [0.25, 0.3) is 16.9 Å². The van der Waals surface area contributed by atoms with Gasteiger partial charge >= 0.3 is 0 Å². The number of rotatable bonds is 3. The highest BCUT2D eigenvalue weighted by Crippen LogP contribution is 2.40. The van der Waals surface area contributed by atoms with E-state index in [1.807, 2.05) is 26.0 Å². The maximum absolute atomic E-state index is 5.47. The Morgan fingerprint density at radius 2 is 1.68 bits per heavy atom. The average Bonchev–Trinajstić information content (AvgIpc) is 3.12. The van der Waals surface area contributed by atoms with E-state index in [0.29, 0.717) is 0 Å². The van der Waals surface area contributed by atoms with Crippen LogP contribution in [-0.4, -0.2) is 16.8 Å². The van der Waals surface area contributed by atoms with Crippen LogP contribution < -0.4 is 4.74 Å². The van der Waals surface area contributed by atoms with E-state index < -0.39 is 0 Å². The zero-order valence-electron chi connectivity index (χ0n) is 15.3. The molecule has 0 unspecified atom stereocenters. The summed E-state index contributed by atoms with van der Waals surface area (Å²) in [7, 11) is 1.70. The highest BCUT2D eigenvalue weighted by Gasteiger charge is 2.27. The first kappa shape index (κ1) is 16.0. The molecule has 25 heavy (non-hydrogen) atoms. The van der Waals surface area contributed by atoms with Crippen molar-refractivity contribution in [1.82, 2.24) is 9.72 Å². The van der Waals surface area contributed by atoms with Gasteiger partial charge in [0, 0.05) is 5.69 Å². The van der Waals surface area contributed by atoms with Crippen molar-refractivity contribution in [3.8, 4) is 22.7 Å². The van der Waals surface area contributed by atoms with Crippen LogP contribution in [0.4, 0.5) is 0 Å². The lowest BCUT2D eigenvalue weighted by Crippen LogP contribution is -2.02. The van der Waals surface area contributed by atoms with Gasteiger partial charge in [0.1, 0.15) is 17.1 Å². The lowest BCUT2D eigenvalue weighted by Gasteiger charge is -2.15. The molecule has 2 heterocycles. The number of methoxy groups -OCH3 is 1. The molecule has 0 atom stereocenters. The molecule has 0 bridgehead atoms. The van der Waals surface area contributed by atoms with Gasteiger partial charge in [-0.2, -0.15) is 0 Å². The zero-order chi connectivity index (χ0) is 17.6. The Hall–Kier alpha value is -2.49. The SMILES string of the molecule is COc1ccc(-c2c3c(c(C)n2-c2c(C)noc2C)CCCC3)cc1. The number of hydrogen-bond acceptors (Lipinski definition) is 3. The Morgan fingerprint density at radius 1 is 1.00 bits per heavy atom. The second-order valence-corrected chi connectivity index (χ2v) is 6.83. The third-order valence-corrected chi connectivity index (χ3v) is 5.33. The molecule has 4 nitrogen and oxygen atoms in total. The van der Waals surface area contributed by atoms with Gasteiger partial charge in [-0.05, 0) is 87.4 Å². The molecule has 4 rings (SSSR count). The predicted molar refractivity (Wildman–Crippen MR) is 98.7 cm³/mol. The summed E-state index contributed by atoms with van der Waals surface area (Å²) >= 11 is 0. The molecule has 1 aliphatic carbocycles. The topological polar surface area (TPSA) is 40.2 Å². The summed E-state index contributed by atoms with van der Waals surface area (Å²) in [6.45, 7) is 6.23. The summed E-state index contributed by atoms with van der Waals surface area (Å²) in [5, 5.41) is 4.19. The molecule has 0 spiro atoms. The summed E-state index contributed by atoms with van der Waals surface area (Å²) < 4.78 is 13.2. The quantitative estimate of drug-likeness (QED) is 0.680. The fraction of sp³-hybridized carbons (Fsp3) is 0.381. The minimum absolute atomic E-state index is 0.864. The Labute approximate surface area is 148 Å². The van der Waals surface area contributed by atoms with Crippen molar-refractivity contribution in [3.05, 3.63) is 52.5 Å². The number of ether oxygens (including phenoxy) is 1. The van der Waals surface area contributed by atoms with Crippen molar-refractivity contribution in [2.24, 2.45) is 0 Å². The Bertz CT molecular complexity index is 897. The van der Waals surface area contributed by atoms with Crippen LogP contribution in [-0.2, 0) is 12.8 Å². The van der Waals surface area contributed by atoms with Gasteiger partial charge in [-0.15, -0.1) is 0 Å². The summed E-state index contributed by atoms with van der Waals surface area (Å²) in [6.07, 6.45) is 4.80. The fourth-order valence-corrected chi connectivity index (χ4v) is 4.13. The molecule has 0 amide bonds. The van der Waals surface area contributed by atoms with E-state index in [-0.39, 0.29) is 0 Å². The lowest BCUT2D eigenvalue weighted by atomic mass is 9.91. The van der Waals surface area contributed by atoms with Gasteiger partial charge in [0.15, 0.2) is 5.76 Å². The second kappa shape index (κ2) is 6.10. The first-order chi connectivity index (χ1) is 12.1. The van der Waals surface area contributed by atoms with Crippen molar-refractivity contribution < 1.29 is 9.26 Å². The minimum Gasteiger partial charge on any atom is -0.497 e. The van der Waals surface area contributed by atoms with Gasteiger partial charge in [-0.1, -0.05) is 5.16 Å². The number of benzene rings is 1. The minimum atomic E-state index is 0.864. The van der Waals surface area contributed by atoms with Crippen LogP contribution in [0, 0.1) is 20.8 Å². The summed E-state index contributed by atoms with van der Waals surface area (Å²) in [5.41, 5.74) is 8.80. The Balaban J connectivity index is 2.01. The maximum atomic E-state index is 5.47. The van der Waals surface area contributed by atoms with E-state index in [1.165, 1.54) is 40.9 Å². The van der Waals surface area contributed by atoms with E-state index in [4.69, 9.17) is 9.26 Å². The molecule has 3 aromatic rings. The van der Waals surface area contributed by atoms with Gasteiger partial charge in [-0.25, -0.2) is 0 Å². The third kappa shape index (κ3) is 2.48. The molecule has 0 saturated heterocycles. The van der Waals surface area contributed by atoms with Gasteiger partial charge in [0.05, 0.1) is 12.8 Å². The number of hydrogen-bond donors (Lipinski definition) is 0. The molecule has 0 radical (unpaired) electrons. The molecule has 0 N–H and O–H groups in total. The van der Waals surface area contributed by atoms with Gasteiger partial charge in [0.2, 0.25) is 0 Å². The Kier molecular flexibility index (Phi) is 3.91. The molecular formula is C21H24N2O2. The van der Waals surface area contributed by atoms with Crippen molar-refractivity contribution in [2.45, 2.75) is 46.5 Å². The standard InChI is InChI=1S/C21H24N2O2/c1-13-20(15(3)25-22-13)23-14(2)18-7-5-6-8-19(18)21(23)16-9-11-17(24-4)12-10-16/h9-12H,5-8H2,1-4H3. The monoisotopic (exact) mass is 336 g/mol. The lowest BCUT2D eigenvalue weighted by molar-refractivity contribution is 0.393. The van der Waals surface area contributed by atoms with Crippen LogP contribution in [0.15, 0.2) is 28.8 Å².